The molecule has 1 N–H and O–H groups in total. The van der Waals surface area contributed by atoms with E-state index in [0.717, 1.165) is 49.6 Å². The Labute approximate surface area is 143 Å². The first-order chi connectivity index (χ1) is 11.9. The van der Waals surface area contributed by atoms with Crippen LogP contribution < -0.4 is 5.32 Å². The predicted molar refractivity (Wildman–Crippen MR) is 91.4 cm³/mol. The molecule has 0 bridgehead atoms. The van der Waals surface area contributed by atoms with Crippen LogP contribution in [0.5, 0.6) is 0 Å². The van der Waals surface area contributed by atoms with E-state index in [2.05, 4.69) is 19.9 Å². The SMILES string of the molecule is Cc1nccn1CCCCNc1ccnc2cc(C(F)(F)F)ccc12. The van der Waals surface area contributed by atoms with Gasteiger partial charge >= 0.3 is 6.18 Å². The number of nitrogens with zero attached hydrogens (tertiary/aromatic N) is 3. The molecule has 4 nitrogen and oxygen atoms in total. The number of nitrogens with one attached hydrogen (secondary N) is 1. The standard InChI is InChI=1S/C18H19F3N4/c1-13-22-9-11-25(13)10-3-2-7-23-16-6-8-24-17-12-14(18(19,20)21)4-5-15(16)17/h4-6,8-9,11-12H,2-3,7,10H2,1H3,(H,23,24). The van der Waals surface area contributed by atoms with Gasteiger partial charge in [0.2, 0.25) is 0 Å². The highest BCUT2D eigenvalue weighted by molar-refractivity contribution is 5.91. The topological polar surface area (TPSA) is 42.7 Å². The van der Waals surface area contributed by atoms with E-state index < -0.39 is 11.7 Å². The van der Waals surface area contributed by atoms with E-state index in [1.54, 1.807) is 12.3 Å². The first-order valence-corrected chi connectivity index (χ1v) is 8.13. The van der Waals surface area contributed by atoms with Crippen molar-refractivity contribution in [1.29, 1.82) is 0 Å². The van der Waals surface area contributed by atoms with Crippen molar-refractivity contribution in [2.45, 2.75) is 32.5 Å². The van der Waals surface area contributed by atoms with E-state index in [0.29, 0.717) is 10.9 Å². The smallest absolute Gasteiger partial charge is 0.384 e. The van der Waals surface area contributed by atoms with Gasteiger partial charge in [-0.25, -0.2) is 4.98 Å². The van der Waals surface area contributed by atoms with E-state index in [1.165, 1.54) is 12.3 Å². The largest absolute Gasteiger partial charge is 0.416 e. The summed E-state index contributed by atoms with van der Waals surface area (Å²) in [7, 11) is 0. The highest BCUT2D eigenvalue weighted by Gasteiger charge is 2.30. The second-order valence-electron chi connectivity index (χ2n) is 5.89. The van der Waals surface area contributed by atoms with E-state index in [4.69, 9.17) is 0 Å². The summed E-state index contributed by atoms with van der Waals surface area (Å²) in [6.45, 7) is 3.62. The van der Waals surface area contributed by atoms with Crippen LogP contribution in [0, 0.1) is 6.92 Å². The number of hydrogen-bond donors (Lipinski definition) is 1. The Morgan fingerprint density at radius 2 is 1.92 bits per heavy atom. The van der Waals surface area contributed by atoms with Crippen molar-refractivity contribution in [2.75, 3.05) is 11.9 Å². The van der Waals surface area contributed by atoms with Gasteiger partial charge in [-0.3, -0.25) is 4.98 Å². The predicted octanol–water partition coefficient (Wildman–Crippen LogP) is 4.65. The van der Waals surface area contributed by atoms with Gasteiger partial charge in [-0.05, 0) is 38.0 Å². The third-order valence-electron chi connectivity index (χ3n) is 4.13. The van der Waals surface area contributed by atoms with E-state index >= 15 is 0 Å². The Morgan fingerprint density at radius 1 is 1.08 bits per heavy atom. The third kappa shape index (κ3) is 4.10. The van der Waals surface area contributed by atoms with Crippen LogP contribution in [-0.2, 0) is 12.7 Å². The molecule has 0 radical (unpaired) electrons. The van der Waals surface area contributed by atoms with Gasteiger partial charge in [-0.2, -0.15) is 13.2 Å². The van der Waals surface area contributed by atoms with Crippen molar-refractivity contribution in [3.8, 4) is 0 Å². The quantitative estimate of drug-likeness (QED) is 0.659. The number of fused-ring (bicyclic) bond motifs is 1. The van der Waals surface area contributed by atoms with Crippen LogP contribution >= 0.6 is 0 Å². The molecule has 0 amide bonds. The van der Waals surface area contributed by atoms with Gasteiger partial charge < -0.3 is 9.88 Å². The molecule has 2 heterocycles. The molecular weight excluding hydrogens is 329 g/mol. The third-order valence-corrected chi connectivity index (χ3v) is 4.13. The maximum absolute atomic E-state index is 12.8. The molecule has 132 valence electrons. The average Bonchev–Trinajstić information content (AvgIpc) is 2.98. The number of anilines is 1. The molecule has 0 saturated heterocycles. The number of unbranched alkanes of at least 4 members (excludes halogenated alkanes) is 1. The minimum atomic E-state index is -4.36. The number of alkyl halides is 3. The van der Waals surface area contributed by atoms with Crippen molar-refractivity contribution in [3.63, 3.8) is 0 Å². The zero-order valence-corrected chi connectivity index (χ0v) is 13.8. The lowest BCUT2D eigenvalue weighted by Gasteiger charge is -2.12. The van der Waals surface area contributed by atoms with Crippen LogP contribution in [0.25, 0.3) is 10.9 Å². The molecule has 0 aliphatic carbocycles. The van der Waals surface area contributed by atoms with E-state index in [9.17, 15) is 13.2 Å². The number of aryl methyl sites for hydroxylation is 2. The maximum Gasteiger partial charge on any atom is 0.416 e. The Balaban J connectivity index is 1.61. The van der Waals surface area contributed by atoms with Gasteiger partial charge in [0, 0.05) is 42.8 Å². The average molecular weight is 348 g/mol. The fraction of sp³-hybridized carbons (Fsp3) is 0.333. The van der Waals surface area contributed by atoms with Crippen molar-refractivity contribution in [1.82, 2.24) is 14.5 Å². The van der Waals surface area contributed by atoms with Crippen LogP contribution in [0.15, 0.2) is 42.9 Å². The summed E-state index contributed by atoms with van der Waals surface area (Å²) in [5, 5.41) is 3.99. The summed E-state index contributed by atoms with van der Waals surface area (Å²) in [6.07, 6.45) is 2.85. The molecule has 0 aliphatic heterocycles. The van der Waals surface area contributed by atoms with Crippen molar-refractivity contribution < 1.29 is 13.2 Å². The van der Waals surface area contributed by atoms with E-state index in [-0.39, 0.29) is 0 Å². The molecule has 25 heavy (non-hydrogen) atoms. The van der Waals surface area contributed by atoms with Gasteiger partial charge in [0.1, 0.15) is 5.82 Å². The number of pyridine rings is 1. The molecule has 0 fully saturated rings. The van der Waals surface area contributed by atoms with Gasteiger partial charge in [0.05, 0.1) is 11.1 Å². The first-order valence-electron chi connectivity index (χ1n) is 8.13. The second kappa shape index (κ2) is 7.13. The first kappa shape index (κ1) is 17.3. The lowest BCUT2D eigenvalue weighted by atomic mass is 10.1. The highest BCUT2D eigenvalue weighted by Crippen LogP contribution is 2.32. The minimum Gasteiger partial charge on any atom is -0.384 e. The summed E-state index contributed by atoms with van der Waals surface area (Å²) >= 11 is 0. The fourth-order valence-corrected chi connectivity index (χ4v) is 2.75. The Hall–Kier alpha value is -2.57. The molecule has 2 aromatic heterocycles. The van der Waals surface area contributed by atoms with Crippen LogP contribution in [0.2, 0.25) is 0 Å². The second-order valence-corrected chi connectivity index (χ2v) is 5.89. The fourth-order valence-electron chi connectivity index (χ4n) is 2.75. The Bertz CT molecular complexity index is 855. The molecule has 0 spiro atoms. The number of benzene rings is 1. The number of imidazole rings is 1. The Morgan fingerprint density at radius 3 is 2.64 bits per heavy atom. The molecule has 7 heteroatoms. The number of rotatable bonds is 6. The molecule has 0 aliphatic rings. The maximum atomic E-state index is 12.8. The van der Waals surface area contributed by atoms with Crippen LogP contribution in [-0.4, -0.2) is 21.1 Å². The zero-order valence-electron chi connectivity index (χ0n) is 13.8. The van der Waals surface area contributed by atoms with Crippen molar-refractivity contribution >= 4 is 16.6 Å². The van der Waals surface area contributed by atoms with Gasteiger partial charge in [-0.15, -0.1) is 0 Å². The molecular formula is C18H19F3N4. The molecule has 3 rings (SSSR count). The van der Waals surface area contributed by atoms with Crippen molar-refractivity contribution in [3.05, 3.63) is 54.2 Å². The number of aromatic nitrogens is 3. The van der Waals surface area contributed by atoms with Crippen molar-refractivity contribution in [2.24, 2.45) is 0 Å². The van der Waals surface area contributed by atoms with E-state index in [1.807, 2.05) is 13.1 Å². The van der Waals surface area contributed by atoms with Gasteiger partial charge in [0.25, 0.3) is 0 Å². The summed E-state index contributed by atoms with van der Waals surface area (Å²) < 4.78 is 40.5. The zero-order chi connectivity index (χ0) is 17.9. The minimum absolute atomic E-state index is 0.342. The summed E-state index contributed by atoms with van der Waals surface area (Å²) in [5.41, 5.74) is 0.465. The summed E-state index contributed by atoms with van der Waals surface area (Å²) in [6, 6.07) is 5.44. The molecule has 0 saturated carbocycles. The molecule has 0 atom stereocenters. The number of hydrogen-bond acceptors (Lipinski definition) is 3. The lowest BCUT2D eigenvalue weighted by molar-refractivity contribution is -0.137. The van der Waals surface area contributed by atoms with Gasteiger partial charge in [-0.1, -0.05) is 6.07 Å². The lowest BCUT2D eigenvalue weighted by Crippen LogP contribution is -2.07. The highest BCUT2D eigenvalue weighted by atomic mass is 19.4. The molecule has 1 aromatic carbocycles. The van der Waals surface area contributed by atoms with Crippen LogP contribution in [0.4, 0.5) is 18.9 Å². The van der Waals surface area contributed by atoms with Gasteiger partial charge in [0.15, 0.2) is 0 Å². The Kier molecular flexibility index (Phi) is 4.92. The molecule has 3 aromatic rings. The van der Waals surface area contributed by atoms with Crippen LogP contribution in [0.1, 0.15) is 24.2 Å². The number of halogens is 3. The molecule has 0 unspecified atom stereocenters. The normalized spacial score (nSPS) is 11.8. The summed E-state index contributed by atoms with van der Waals surface area (Å²) in [4.78, 5) is 8.24. The monoisotopic (exact) mass is 348 g/mol. The summed E-state index contributed by atoms with van der Waals surface area (Å²) in [5.74, 6) is 0.994. The van der Waals surface area contributed by atoms with Crippen LogP contribution in [0.3, 0.4) is 0 Å².